The van der Waals surface area contributed by atoms with Crippen LogP contribution in [0.1, 0.15) is 18.5 Å². The first kappa shape index (κ1) is 15.2. The molecule has 2 N–H and O–H groups in total. The Morgan fingerprint density at radius 2 is 2.11 bits per heavy atom. The highest BCUT2D eigenvalue weighted by Crippen LogP contribution is 2.32. The van der Waals surface area contributed by atoms with Crippen molar-refractivity contribution in [1.82, 2.24) is 4.98 Å². The molecule has 19 heavy (non-hydrogen) atoms. The maximum absolute atomic E-state index is 12.5. The molecular weight excluding hydrogens is 267 g/mol. The van der Waals surface area contributed by atoms with Crippen LogP contribution in [0.5, 0.6) is 0 Å². The quantitative estimate of drug-likeness (QED) is 0.473. The summed E-state index contributed by atoms with van der Waals surface area (Å²) in [7, 11) is 0. The number of unbranched alkanes of at least 4 members (excludes halogenated alkanes) is 1. The van der Waals surface area contributed by atoms with Gasteiger partial charge in [-0.05, 0) is 18.9 Å². The van der Waals surface area contributed by atoms with E-state index in [-0.39, 0.29) is 18.8 Å². The van der Waals surface area contributed by atoms with Crippen LogP contribution < -0.4 is 5.32 Å². The molecule has 0 aliphatic carbocycles. The lowest BCUT2D eigenvalue weighted by Crippen LogP contribution is -2.11. The van der Waals surface area contributed by atoms with Crippen molar-refractivity contribution < 1.29 is 23.2 Å². The number of alkyl halides is 3. The molecular formula is C10H12F3N3O3. The summed E-state index contributed by atoms with van der Waals surface area (Å²) in [6.45, 7) is 0.177. The molecule has 0 aliphatic heterocycles. The van der Waals surface area contributed by atoms with E-state index in [0.717, 1.165) is 0 Å². The second-order valence-corrected chi connectivity index (χ2v) is 3.70. The standard InChI is InChI=1S/C10H12F3N3O3/c11-10(12,13)9-5-7(14-3-1-2-4-17)8(6-15-9)16(18)19/h5-6,17H,1-4H2,(H,14,15). The van der Waals surface area contributed by atoms with Crippen molar-refractivity contribution in [3.05, 3.63) is 28.1 Å². The fraction of sp³-hybridized carbons (Fsp3) is 0.500. The summed E-state index contributed by atoms with van der Waals surface area (Å²) < 4.78 is 37.4. The number of aliphatic hydroxyl groups is 1. The molecule has 0 saturated carbocycles. The van der Waals surface area contributed by atoms with Gasteiger partial charge in [-0.25, -0.2) is 4.98 Å². The van der Waals surface area contributed by atoms with E-state index in [1.165, 1.54) is 0 Å². The first-order chi connectivity index (χ1) is 8.86. The van der Waals surface area contributed by atoms with Gasteiger partial charge in [0, 0.05) is 13.2 Å². The van der Waals surface area contributed by atoms with E-state index in [2.05, 4.69) is 10.3 Å². The maximum Gasteiger partial charge on any atom is 0.433 e. The molecule has 106 valence electrons. The van der Waals surface area contributed by atoms with Gasteiger partial charge in [0.05, 0.1) is 4.92 Å². The van der Waals surface area contributed by atoms with Gasteiger partial charge in [-0.1, -0.05) is 0 Å². The van der Waals surface area contributed by atoms with Crippen LogP contribution in [0, 0.1) is 10.1 Å². The highest BCUT2D eigenvalue weighted by Gasteiger charge is 2.34. The molecule has 1 aromatic heterocycles. The van der Waals surface area contributed by atoms with Crippen LogP contribution in [0.2, 0.25) is 0 Å². The number of hydrogen-bond donors (Lipinski definition) is 2. The third-order valence-corrected chi connectivity index (χ3v) is 2.27. The van der Waals surface area contributed by atoms with Gasteiger partial charge in [-0.3, -0.25) is 10.1 Å². The zero-order chi connectivity index (χ0) is 14.5. The predicted molar refractivity (Wildman–Crippen MR) is 60.7 cm³/mol. The first-order valence-electron chi connectivity index (χ1n) is 5.42. The smallest absolute Gasteiger partial charge is 0.396 e. The summed E-state index contributed by atoms with van der Waals surface area (Å²) in [6, 6.07) is 0.608. The van der Waals surface area contributed by atoms with E-state index in [9.17, 15) is 23.3 Å². The minimum atomic E-state index is -4.66. The van der Waals surface area contributed by atoms with E-state index in [4.69, 9.17) is 5.11 Å². The zero-order valence-corrected chi connectivity index (χ0v) is 9.78. The Bertz CT molecular complexity index is 451. The third kappa shape index (κ3) is 4.36. The lowest BCUT2D eigenvalue weighted by molar-refractivity contribution is -0.384. The first-order valence-corrected chi connectivity index (χ1v) is 5.42. The Kier molecular flexibility index (Phi) is 5.04. The summed E-state index contributed by atoms with van der Waals surface area (Å²) in [5, 5.41) is 21.8. The third-order valence-electron chi connectivity index (χ3n) is 2.27. The molecule has 0 saturated heterocycles. The van der Waals surface area contributed by atoms with Gasteiger partial charge in [-0.2, -0.15) is 13.2 Å². The highest BCUT2D eigenvalue weighted by atomic mass is 19.4. The molecule has 0 fully saturated rings. The van der Waals surface area contributed by atoms with Crippen LogP contribution >= 0.6 is 0 Å². The highest BCUT2D eigenvalue weighted by molar-refractivity contribution is 5.61. The van der Waals surface area contributed by atoms with Crippen molar-refractivity contribution in [3.63, 3.8) is 0 Å². The van der Waals surface area contributed by atoms with Gasteiger partial charge in [0.15, 0.2) is 0 Å². The average molecular weight is 279 g/mol. The van der Waals surface area contributed by atoms with Crippen LogP contribution in [0.4, 0.5) is 24.5 Å². The number of nitrogens with zero attached hydrogens (tertiary/aromatic N) is 2. The maximum atomic E-state index is 12.5. The van der Waals surface area contributed by atoms with Gasteiger partial charge >= 0.3 is 11.9 Å². The summed E-state index contributed by atoms with van der Waals surface area (Å²) in [6.07, 6.45) is -3.14. The minimum absolute atomic E-state index is 0.0477. The SMILES string of the molecule is O=[N+]([O-])c1cnc(C(F)(F)F)cc1NCCCCO. The molecule has 9 heteroatoms. The van der Waals surface area contributed by atoms with Crippen LogP contribution in [0.3, 0.4) is 0 Å². The van der Waals surface area contributed by atoms with Gasteiger partial charge < -0.3 is 10.4 Å². The number of aliphatic hydroxyl groups excluding tert-OH is 1. The second kappa shape index (κ2) is 6.32. The number of rotatable bonds is 6. The number of halogens is 3. The Morgan fingerprint density at radius 1 is 1.42 bits per heavy atom. The second-order valence-electron chi connectivity index (χ2n) is 3.70. The van der Waals surface area contributed by atoms with Crippen LogP contribution in [0.25, 0.3) is 0 Å². The lowest BCUT2D eigenvalue weighted by atomic mass is 10.2. The summed E-state index contributed by atoms with van der Waals surface area (Å²) >= 11 is 0. The van der Waals surface area contributed by atoms with Gasteiger partial charge in [-0.15, -0.1) is 0 Å². The molecule has 6 nitrogen and oxygen atoms in total. The van der Waals surface area contributed by atoms with E-state index in [1.54, 1.807) is 0 Å². The van der Waals surface area contributed by atoms with E-state index < -0.39 is 22.5 Å². The number of pyridine rings is 1. The van der Waals surface area contributed by atoms with E-state index in [0.29, 0.717) is 25.1 Å². The summed E-state index contributed by atoms with van der Waals surface area (Å²) in [4.78, 5) is 12.9. The minimum Gasteiger partial charge on any atom is -0.396 e. The van der Waals surface area contributed by atoms with Gasteiger partial charge in [0.2, 0.25) is 0 Å². The fourth-order valence-electron chi connectivity index (χ4n) is 1.35. The van der Waals surface area contributed by atoms with Crippen molar-refractivity contribution in [1.29, 1.82) is 0 Å². The van der Waals surface area contributed by atoms with Gasteiger partial charge in [0.25, 0.3) is 0 Å². The van der Waals surface area contributed by atoms with Crippen LogP contribution in [-0.4, -0.2) is 28.2 Å². The Labute approximate surface area is 106 Å². The summed E-state index contributed by atoms with van der Waals surface area (Å²) in [5.41, 5.74) is -1.94. The largest absolute Gasteiger partial charge is 0.433 e. The summed E-state index contributed by atoms with van der Waals surface area (Å²) in [5.74, 6) is 0. The van der Waals surface area contributed by atoms with Crippen molar-refractivity contribution in [2.75, 3.05) is 18.5 Å². The molecule has 0 unspecified atom stereocenters. The molecule has 0 aliphatic rings. The van der Waals surface area contributed by atoms with E-state index in [1.807, 2.05) is 0 Å². The predicted octanol–water partition coefficient (Wildman–Crippen LogP) is 2.19. The molecule has 0 spiro atoms. The molecule has 0 bridgehead atoms. The normalized spacial score (nSPS) is 11.4. The molecule has 0 amide bonds. The van der Waals surface area contributed by atoms with Crippen molar-refractivity contribution >= 4 is 11.4 Å². The molecule has 0 aromatic carbocycles. The zero-order valence-electron chi connectivity index (χ0n) is 9.78. The molecule has 1 rings (SSSR count). The molecule has 1 heterocycles. The van der Waals surface area contributed by atoms with Gasteiger partial charge in [0.1, 0.15) is 17.6 Å². The molecule has 1 aromatic rings. The van der Waals surface area contributed by atoms with Crippen LogP contribution in [0.15, 0.2) is 12.3 Å². The Morgan fingerprint density at radius 3 is 2.63 bits per heavy atom. The van der Waals surface area contributed by atoms with E-state index >= 15 is 0 Å². The number of nitro groups is 1. The Hall–Kier alpha value is -1.90. The van der Waals surface area contributed by atoms with Crippen molar-refractivity contribution in [2.45, 2.75) is 19.0 Å². The average Bonchev–Trinajstić information content (AvgIpc) is 2.33. The van der Waals surface area contributed by atoms with Crippen molar-refractivity contribution in [2.24, 2.45) is 0 Å². The number of hydrogen-bond acceptors (Lipinski definition) is 5. The van der Waals surface area contributed by atoms with Crippen molar-refractivity contribution in [3.8, 4) is 0 Å². The number of anilines is 1. The number of nitrogens with one attached hydrogen (secondary N) is 1. The monoisotopic (exact) mass is 279 g/mol. The Balaban J connectivity index is 2.93. The topological polar surface area (TPSA) is 88.3 Å². The molecule has 0 atom stereocenters. The van der Waals surface area contributed by atoms with Crippen LogP contribution in [-0.2, 0) is 6.18 Å². The molecule has 0 radical (unpaired) electrons. The number of aromatic nitrogens is 1. The lowest BCUT2D eigenvalue weighted by Gasteiger charge is -2.10. The fourth-order valence-corrected chi connectivity index (χ4v) is 1.35.